The van der Waals surface area contributed by atoms with E-state index < -0.39 is 17.7 Å². The Labute approximate surface area is 189 Å². The number of oxazole rings is 1. The summed E-state index contributed by atoms with van der Waals surface area (Å²) in [6, 6.07) is 16.6. The molecule has 9 heteroatoms. The van der Waals surface area contributed by atoms with Gasteiger partial charge in [-0.15, -0.1) is 0 Å². The molecule has 0 bridgehead atoms. The van der Waals surface area contributed by atoms with Crippen LogP contribution in [0.15, 0.2) is 71.1 Å². The Balaban J connectivity index is 1.74. The zero-order chi connectivity index (χ0) is 23.3. The van der Waals surface area contributed by atoms with Crippen LogP contribution in [0.25, 0.3) is 33.5 Å². The van der Waals surface area contributed by atoms with E-state index in [0.717, 1.165) is 12.1 Å². The molecule has 0 amide bonds. The number of benzene rings is 3. The van der Waals surface area contributed by atoms with Gasteiger partial charge in [0.05, 0.1) is 11.1 Å². The third-order valence-corrected chi connectivity index (χ3v) is 5.57. The number of halogens is 4. The van der Waals surface area contributed by atoms with E-state index in [0.29, 0.717) is 32.6 Å². The number of carbonyl (C=O) groups is 1. The lowest BCUT2D eigenvalue weighted by atomic mass is 10.1. The van der Waals surface area contributed by atoms with Crippen molar-refractivity contribution in [2.24, 2.45) is 0 Å². The van der Waals surface area contributed by atoms with Gasteiger partial charge in [-0.2, -0.15) is 13.2 Å². The Morgan fingerprint density at radius 1 is 1.06 bits per heavy atom. The lowest BCUT2D eigenvalue weighted by Gasteiger charge is -2.12. The zero-order valence-electron chi connectivity index (χ0n) is 16.7. The van der Waals surface area contributed by atoms with Gasteiger partial charge in [0.15, 0.2) is 5.58 Å². The van der Waals surface area contributed by atoms with Crippen LogP contribution < -0.4 is 0 Å². The van der Waals surface area contributed by atoms with Crippen molar-refractivity contribution in [2.75, 3.05) is 0 Å². The molecule has 0 unspecified atom stereocenters. The van der Waals surface area contributed by atoms with Crippen LogP contribution in [0.4, 0.5) is 13.2 Å². The summed E-state index contributed by atoms with van der Waals surface area (Å²) in [6.45, 7) is -0.0852. The summed E-state index contributed by atoms with van der Waals surface area (Å²) in [5.41, 5.74) is 1.05. The van der Waals surface area contributed by atoms with Crippen LogP contribution in [0.2, 0.25) is 5.02 Å². The van der Waals surface area contributed by atoms with E-state index in [4.69, 9.17) is 16.0 Å². The van der Waals surface area contributed by atoms with Crippen molar-refractivity contribution < 1.29 is 27.5 Å². The maximum absolute atomic E-state index is 13.2. The number of carboxylic acids is 1. The molecule has 0 saturated carbocycles. The normalized spacial score (nSPS) is 12.0. The minimum Gasteiger partial charge on any atom is -0.477 e. The number of aromatic nitrogens is 2. The molecule has 0 fully saturated rings. The minimum atomic E-state index is -4.50. The first-order chi connectivity index (χ1) is 15.7. The van der Waals surface area contributed by atoms with Crippen molar-refractivity contribution in [2.45, 2.75) is 12.7 Å². The number of hydrogen-bond donors (Lipinski definition) is 1. The van der Waals surface area contributed by atoms with Crippen LogP contribution in [0.1, 0.15) is 21.6 Å². The average molecular weight is 471 g/mol. The summed E-state index contributed by atoms with van der Waals surface area (Å²) in [6.07, 6.45) is -4.50. The van der Waals surface area contributed by atoms with Crippen molar-refractivity contribution in [3.63, 3.8) is 0 Å². The molecule has 0 atom stereocenters. The fraction of sp³-hybridized carbons (Fsp3) is 0.0833. The first-order valence-corrected chi connectivity index (χ1v) is 10.2. The monoisotopic (exact) mass is 470 g/mol. The maximum Gasteiger partial charge on any atom is 0.416 e. The lowest BCUT2D eigenvalue weighted by Crippen LogP contribution is -2.12. The second kappa shape index (κ2) is 7.67. The van der Waals surface area contributed by atoms with Gasteiger partial charge in [0.25, 0.3) is 0 Å². The smallest absolute Gasteiger partial charge is 0.416 e. The van der Waals surface area contributed by atoms with Crippen LogP contribution in [0.3, 0.4) is 0 Å². The van der Waals surface area contributed by atoms with Crippen LogP contribution in [0, 0.1) is 0 Å². The largest absolute Gasteiger partial charge is 0.477 e. The summed E-state index contributed by atoms with van der Waals surface area (Å²) in [4.78, 5) is 16.8. The van der Waals surface area contributed by atoms with Crippen LogP contribution in [-0.4, -0.2) is 20.6 Å². The van der Waals surface area contributed by atoms with E-state index in [1.165, 1.54) is 16.7 Å². The third kappa shape index (κ3) is 3.72. The third-order valence-electron chi connectivity index (χ3n) is 5.33. The Bertz CT molecular complexity index is 1540. The Morgan fingerprint density at radius 3 is 2.61 bits per heavy atom. The van der Waals surface area contributed by atoms with Gasteiger partial charge in [0.1, 0.15) is 11.2 Å². The van der Waals surface area contributed by atoms with Crippen molar-refractivity contribution in [1.82, 2.24) is 9.55 Å². The van der Waals surface area contributed by atoms with Crippen molar-refractivity contribution in [1.29, 1.82) is 0 Å². The number of nitrogens with zero attached hydrogens (tertiary/aromatic N) is 2. The molecule has 33 heavy (non-hydrogen) atoms. The van der Waals surface area contributed by atoms with Gasteiger partial charge in [0, 0.05) is 22.5 Å². The molecule has 1 N–H and O–H groups in total. The van der Waals surface area contributed by atoms with Gasteiger partial charge < -0.3 is 14.1 Å². The maximum atomic E-state index is 13.2. The van der Waals surface area contributed by atoms with Gasteiger partial charge in [-0.25, -0.2) is 9.78 Å². The van der Waals surface area contributed by atoms with Crippen LogP contribution >= 0.6 is 11.6 Å². The standard InChI is InChI=1S/C24H14ClF3N2O3/c25-15-8-9-19-17(11-15)29-22(33-19)20-16-6-1-2-7-18(16)30(21(20)23(31)32)12-13-4-3-5-14(10-13)24(26,27)28/h1-11H,12H2,(H,31,32). The van der Waals surface area contributed by atoms with E-state index in [-0.39, 0.29) is 23.7 Å². The van der Waals surface area contributed by atoms with Crippen molar-refractivity contribution in [3.05, 3.63) is 88.6 Å². The van der Waals surface area contributed by atoms with Gasteiger partial charge in [-0.05, 0) is 42.0 Å². The number of alkyl halides is 3. The SMILES string of the molecule is O=C(O)c1c(-c2nc3cc(Cl)ccc3o2)c2ccccc2n1Cc1cccc(C(F)(F)F)c1. The fourth-order valence-electron chi connectivity index (χ4n) is 3.94. The lowest BCUT2D eigenvalue weighted by molar-refractivity contribution is -0.137. The summed E-state index contributed by atoms with van der Waals surface area (Å²) >= 11 is 6.03. The highest BCUT2D eigenvalue weighted by Crippen LogP contribution is 2.37. The molecule has 0 aliphatic carbocycles. The zero-order valence-corrected chi connectivity index (χ0v) is 17.5. The average Bonchev–Trinajstić information content (AvgIpc) is 3.32. The first-order valence-electron chi connectivity index (χ1n) is 9.79. The number of rotatable bonds is 4. The van der Waals surface area contributed by atoms with E-state index in [1.54, 1.807) is 42.5 Å². The van der Waals surface area contributed by atoms with Gasteiger partial charge >= 0.3 is 12.1 Å². The van der Waals surface area contributed by atoms with Gasteiger partial charge in [-0.1, -0.05) is 41.9 Å². The summed E-state index contributed by atoms with van der Waals surface area (Å²) in [5, 5.41) is 11.1. The minimum absolute atomic E-state index is 0.0852. The molecule has 0 saturated heterocycles. The molecule has 3 aromatic carbocycles. The predicted octanol–water partition coefficient (Wildman–Crippen LogP) is 6.87. The molecular formula is C24H14ClF3N2O3. The Hall–Kier alpha value is -3.78. The van der Waals surface area contributed by atoms with Crippen LogP contribution in [0.5, 0.6) is 0 Å². The molecule has 5 nitrogen and oxygen atoms in total. The van der Waals surface area contributed by atoms with E-state index in [2.05, 4.69) is 4.98 Å². The summed E-state index contributed by atoms with van der Waals surface area (Å²) < 4.78 is 46.9. The summed E-state index contributed by atoms with van der Waals surface area (Å²) in [7, 11) is 0. The molecule has 166 valence electrons. The number of fused-ring (bicyclic) bond motifs is 2. The number of carboxylic acid groups (broad SMARTS) is 1. The topological polar surface area (TPSA) is 68.3 Å². The van der Waals surface area contributed by atoms with Crippen molar-refractivity contribution in [3.8, 4) is 11.5 Å². The highest BCUT2D eigenvalue weighted by atomic mass is 35.5. The molecular weight excluding hydrogens is 457 g/mol. The molecule has 5 rings (SSSR count). The number of hydrogen-bond acceptors (Lipinski definition) is 3. The highest BCUT2D eigenvalue weighted by molar-refractivity contribution is 6.31. The molecule has 0 aliphatic heterocycles. The molecule has 0 spiro atoms. The van der Waals surface area contributed by atoms with E-state index in [9.17, 15) is 23.1 Å². The Morgan fingerprint density at radius 2 is 1.85 bits per heavy atom. The number of para-hydroxylation sites is 1. The second-order valence-electron chi connectivity index (χ2n) is 7.46. The second-order valence-corrected chi connectivity index (χ2v) is 7.90. The highest BCUT2D eigenvalue weighted by Gasteiger charge is 2.31. The van der Waals surface area contributed by atoms with E-state index >= 15 is 0 Å². The van der Waals surface area contributed by atoms with E-state index in [1.807, 2.05) is 0 Å². The molecule has 5 aromatic rings. The fourth-order valence-corrected chi connectivity index (χ4v) is 4.11. The quantitative estimate of drug-likeness (QED) is 0.311. The van der Waals surface area contributed by atoms with Gasteiger partial charge in [-0.3, -0.25) is 0 Å². The molecule has 0 radical (unpaired) electrons. The molecule has 2 aromatic heterocycles. The molecule has 0 aliphatic rings. The van der Waals surface area contributed by atoms with Crippen LogP contribution in [-0.2, 0) is 12.7 Å². The van der Waals surface area contributed by atoms with Crippen molar-refractivity contribution >= 4 is 39.6 Å². The molecule has 2 heterocycles. The summed E-state index contributed by atoms with van der Waals surface area (Å²) in [5.74, 6) is -1.17. The predicted molar refractivity (Wildman–Crippen MR) is 117 cm³/mol. The number of aromatic carboxylic acids is 1. The first kappa shape index (κ1) is 21.1. The Kier molecular flexibility index (Phi) is 4.90. The van der Waals surface area contributed by atoms with Gasteiger partial charge in [0.2, 0.25) is 5.89 Å².